The Kier molecular flexibility index (Phi) is 3.92. The van der Waals surface area contributed by atoms with Crippen molar-refractivity contribution in [3.63, 3.8) is 0 Å². The zero-order chi connectivity index (χ0) is 15.9. The lowest BCUT2D eigenvalue weighted by Crippen LogP contribution is -2.17. The smallest absolute Gasteiger partial charge is 0.231 e. The number of benzene rings is 2. The molecule has 1 N–H and O–H groups in total. The fraction of sp³-hybridized carbons (Fsp3) is 0.278. The predicted octanol–water partition coefficient (Wildman–Crippen LogP) is 4.83. The lowest BCUT2D eigenvalue weighted by atomic mass is 10.1. The molecule has 2 aromatic rings. The van der Waals surface area contributed by atoms with Crippen LogP contribution in [-0.2, 0) is 4.79 Å². The number of anilines is 1. The molecule has 0 heterocycles. The van der Waals surface area contributed by atoms with Crippen LogP contribution in [0.15, 0.2) is 48.5 Å². The zero-order valence-corrected chi connectivity index (χ0v) is 13.9. The Balaban J connectivity index is 1.78. The monoisotopic (exact) mass is 333 g/mol. The summed E-state index contributed by atoms with van der Waals surface area (Å²) in [6.45, 7) is 3.99. The third kappa shape index (κ3) is 2.73. The summed E-state index contributed by atoms with van der Waals surface area (Å²) in [4.78, 5) is 12.5. The van der Waals surface area contributed by atoms with Crippen molar-refractivity contribution in [3.8, 4) is 0 Å². The lowest BCUT2D eigenvalue weighted by Gasteiger charge is -2.09. The molecule has 2 atom stereocenters. The summed E-state index contributed by atoms with van der Waals surface area (Å²) < 4.78 is -1.04. The second kappa shape index (κ2) is 5.60. The van der Waals surface area contributed by atoms with Crippen molar-refractivity contribution in [1.29, 1.82) is 0 Å². The van der Waals surface area contributed by atoms with E-state index in [4.69, 9.17) is 23.2 Å². The van der Waals surface area contributed by atoms with Crippen LogP contribution in [0.2, 0.25) is 0 Å². The van der Waals surface area contributed by atoms with Gasteiger partial charge >= 0.3 is 0 Å². The van der Waals surface area contributed by atoms with Gasteiger partial charge < -0.3 is 5.32 Å². The first-order valence-corrected chi connectivity index (χ1v) is 7.97. The average Bonchev–Trinajstić information content (AvgIpc) is 3.05. The summed E-state index contributed by atoms with van der Waals surface area (Å²) in [7, 11) is 0. The third-order valence-electron chi connectivity index (χ3n) is 4.13. The van der Waals surface area contributed by atoms with Crippen molar-refractivity contribution in [1.82, 2.24) is 0 Å². The van der Waals surface area contributed by atoms with E-state index in [2.05, 4.69) is 5.32 Å². The number of nitrogens with one attached hydrogen (secondary N) is 1. The number of amides is 1. The molecule has 2 aromatic carbocycles. The number of alkyl halides is 2. The molecular weight excluding hydrogens is 317 g/mol. The average molecular weight is 334 g/mol. The van der Waals surface area contributed by atoms with E-state index in [0.717, 1.165) is 22.4 Å². The van der Waals surface area contributed by atoms with E-state index in [1.165, 1.54) is 0 Å². The van der Waals surface area contributed by atoms with E-state index in [1.54, 1.807) is 0 Å². The van der Waals surface area contributed by atoms with E-state index in [-0.39, 0.29) is 11.8 Å². The molecule has 2 nitrogen and oxygen atoms in total. The van der Waals surface area contributed by atoms with Gasteiger partial charge in [-0.2, -0.15) is 0 Å². The molecule has 0 bridgehead atoms. The van der Waals surface area contributed by atoms with Gasteiger partial charge in [0.15, 0.2) is 0 Å². The van der Waals surface area contributed by atoms with E-state index in [0.29, 0.717) is 0 Å². The van der Waals surface area contributed by atoms with Gasteiger partial charge in [-0.15, -0.1) is 23.2 Å². The van der Waals surface area contributed by atoms with Crippen LogP contribution >= 0.6 is 23.2 Å². The number of carbonyl (C=O) groups is 1. The van der Waals surface area contributed by atoms with Crippen LogP contribution in [0.25, 0.3) is 0 Å². The Hall–Kier alpha value is -1.51. The van der Waals surface area contributed by atoms with E-state index in [9.17, 15) is 4.79 Å². The third-order valence-corrected chi connectivity index (χ3v) is 5.07. The maximum atomic E-state index is 12.5. The first-order valence-electron chi connectivity index (χ1n) is 7.22. The Morgan fingerprint density at radius 3 is 2.41 bits per heavy atom. The highest BCUT2D eigenvalue weighted by Crippen LogP contribution is 2.65. The highest BCUT2D eigenvalue weighted by atomic mass is 35.5. The molecular formula is C18H17Cl2NO. The van der Waals surface area contributed by atoms with Gasteiger partial charge in [0, 0.05) is 11.6 Å². The summed E-state index contributed by atoms with van der Waals surface area (Å²) in [5.74, 6) is -0.729. The fourth-order valence-corrected chi connectivity index (χ4v) is 3.72. The molecule has 0 radical (unpaired) electrons. The van der Waals surface area contributed by atoms with Gasteiger partial charge in [-0.25, -0.2) is 0 Å². The van der Waals surface area contributed by atoms with Crippen molar-refractivity contribution < 1.29 is 4.79 Å². The Labute approximate surface area is 140 Å². The molecule has 0 saturated heterocycles. The van der Waals surface area contributed by atoms with Gasteiger partial charge in [0.2, 0.25) is 5.91 Å². The fourth-order valence-electron chi connectivity index (χ4n) is 2.89. The summed E-state index contributed by atoms with van der Waals surface area (Å²) >= 11 is 12.7. The molecule has 0 spiro atoms. The minimum Gasteiger partial charge on any atom is -0.325 e. The van der Waals surface area contributed by atoms with Gasteiger partial charge in [-0.3, -0.25) is 4.79 Å². The highest BCUT2D eigenvalue weighted by Gasteiger charge is 2.67. The number of halogens is 2. The minimum atomic E-state index is -1.04. The molecule has 1 aliphatic carbocycles. The number of hydrogen-bond acceptors (Lipinski definition) is 1. The van der Waals surface area contributed by atoms with Crippen LogP contribution in [-0.4, -0.2) is 10.2 Å². The molecule has 4 heteroatoms. The molecule has 0 aromatic heterocycles. The molecule has 3 rings (SSSR count). The van der Waals surface area contributed by atoms with E-state index < -0.39 is 10.3 Å². The van der Waals surface area contributed by atoms with Gasteiger partial charge in [-0.05, 0) is 31.0 Å². The van der Waals surface area contributed by atoms with Crippen LogP contribution in [0, 0.1) is 19.8 Å². The van der Waals surface area contributed by atoms with Crippen LogP contribution in [0.5, 0.6) is 0 Å². The lowest BCUT2D eigenvalue weighted by molar-refractivity contribution is -0.117. The minimum absolute atomic E-state index is 0.134. The Bertz CT molecular complexity index is 712. The van der Waals surface area contributed by atoms with Gasteiger partial charge in [0.25, 0.3) is 0 Å². The normalized spacial score (nSPS) is 22.2. The molecule has 0 unspecified atom stereocenters. The summed E-state index contributed by atoms with van der Waals surface area (Å²) in [6.07, 6.45) is 0. The van der Waals surface area contributed by atoms with E-state index in [1.807, 2.05) is 62.4 Å². The second-order valence-electron chi connectivity index (χ2n) is 5.85. The van der Waals surface area contributed by atoms with Gasteiger partial charge in [0.05, 0.1) is 5.92 Å². The predicted molar refractivity (Wildman–Crippen MR) is 91.7 cm³/mol. The molecule has 1 saturated carbocycles. The molecule has 1 fully saturated rings. The quantitative estimate of drug-likeness (QED) is 0.801. The Morgan fingerprint density at radius 1 is 1.09 bits per heavy atom. The van der Waals surface area contributed by atoms with Crippen LogP contribution < -0.4 is 5.32 Å². The van der Waals surface area contributed by atoms with Crippen molar-refractivity contribution in [2.75, 3.05) is 5.32 Å². The van der Waals surface area contributed by atoms with Crippen LogP contribution in [0.1, 0.15) is 22.6 Å². The van der Waals surface area contributed by atoms with Crippen molar-refractivity contribution in [2.24, 2.45) is 5.92 Å². The first kappa shape index (κ1) is 15.4. The summed E-state index contributed by atoms with van der Waals surface area (Å²) in [5.41, 5.74) is 3.99. The summed E-state index contributed by atoms with van der Waals surface area (Å²) in [6, 6.07) is 15.6. The van der Waals surface area contributed by atoms with Gasteiger partial charge in [0.1, 0.15) is 4.33 Å². The highest BCUT2D eigenvalue weighted by molar-refractivity contribution is 6.53. The van der Waals surface area contributed by atoms with Crippen LogP contribution in [0.3, 0.4) is 0 Å². The van der Waals surface area contributed by atoms with E-state index >= 15 is 0 Å². The van der Waals surface area contributed by atoms with Crippen molar-refractivity contribution in [2.45, 2.75) is 24.1 Å². The number of aryl methyl sites for hydroxylation is 2. The van der Waals surface area contributed by atoms with Crippen molar-refractivity contribution in [3.05, 3.63) is 65.2 Å². The number of rotatable bonds is 3. The molecule has 1 amide bonds. The van der Waals surface area contributed by atoms with Gasteiger partial charge in [-0.1, -0.05) is 48.0 Å². The molecule has 114 valence electrons. The first-order chi connectivity index (χ1) is 10.4. The molecule has 0 aliphatic heterocycles. The van der Waals surface area contributed by atoms with Crippen molar-refractivity contribution >= 4 is 34.8 Å². The summed E-state index contributed by atoms with van der Waals surface area (Å²) in [5, 5.41) is 2.95. The molecule has 1 aliphatic rings. The standard InChI is InChI=1S/C18H17Cl2NO/c1-11-8-9-14(12(2)10-11)21-17(22)16-15(18(16,19)20)13-6-4-3-5-7-13/h3-10,15-16H,1-2H3,(H,21,22)/t15-,16-/m0/s1. The van der Waals surface area contributed by atoms with Crippen LogP contribution in [0.4, 0.5) is 5.69 Å². The largest absolute Gasteiger partial charge is 0.325 e. The second-order valence-corrected chi connectivity index (χ2v) is 7.29. The SMILES string of the molecule is Cc1ccc(NC(=O)[C@@H]2[C@H](c3ccccc3)C2(Cl)Cl)c(C)c1. The number of hydrogen-bond donors (Lipinski definition) is 1. The number of carbonyl (C=O) groups excluding carboxylic acids is 1. The molecule has 22 heavy (non-hydrogen) atoms. The maximum absolute atomic E-state index is 12.5. The maximum Gasteiger partial charge on any atom is 0.231 e. The Morgan fingerprint density at radius 2 is 1.77 bits per heavy atom. The topological polar surface area (TPSA) is 29.1 Å². The zero-order valence-electron chi connectivity index (χ0n) is 12.4.